The Hall–Kier alpha value is -0.0200. The quantitative estimate of drug-likeness (QED) is 0.524. The van der Waals surface area contributed by atoms with Gasteiger partial charge in [0.05, 0.1) is 6.61 Å². The molecule has 8 heavy (non-hydrogen) atoms. The van der Waals surface area contributed by atoms with E-state index in [0.29, 0.717) is 0 Å². The Morgan fingerprint density at radius 3 is 2.88 bits per heavy atom. The zero-order valence-corrected chi connectivity index (χ0v) is 5.53. The first-order valence-corrected chi connectivity index (χ1v) is 3.59. The number of carbonyl (C=O) groups is 1. The van der Waals surface area contributed by atoms with Crippen molar-refractivity contribution in [3.63, 3.8) is 0 Å². The molecular formula is C5H8O2S. The molecule has 1 saturated heterocycles. The van der Waals surface area contributed by atoms with Crippen LogP contribution in [0.4, 0.5) is 0 Å². The minimum atomic E-state index is -0.157. The lowest BCUT2D eigenvalue weighted by Crippen LogP contribution is -2.11. The summed E-state index contributed by atoms with van der Waals surface area (Å²) in [5.41, 5.74) is -0.157. The van der Waals surface area contributed by atoms with Gasteiger partial charge in [0.15, 0.2) is 11.2 Å². The third-order valence-corrected chi connectivity index (χ3v) is 2.13. The summed E-state index contributed by atoms with van der Waals surface area (Å²) in [6.07, 6.45) is 0. The van der Waals surface area contributed by atoms with Gasteiger partial charge in [-0.25, -0.2) is 0 Å². The van der Waals surface area contributed by atoms with Crippen molar-refractivity contribution in [1.82, 2.24) is 0 Å². The molecule has 0 saturated carbocycles. The summed E-state index contributed by atoms with van der Waals surface area (Å²) in [4.78, 5) is 10.5. The molecule has 0 spiro atoms. The molecule has 0 aromatic rings. The highest BCUT2D eigenvalue weighted by Crippen LogP contribution is 2.19. The zero-order chi connectivity index (χ0) is 5.98. The van der Waals surface area contributed by atoms with Crippen LogP contribution in [0.5, 0.6) is 0 Å². The van der Waals surface area contributed by atoms with E-state index in [-0.39, 0.29) is 11.2 Å². The van der Waals surface area contributed by atoms with Crippen LogP contribution in [-0.4, -0.2) is 23.6 Å². The van der Waals surface area contributed by atoms with Crippen molar-refractivity contribution >= 4 is 17.5 Å². The summed E-state index contributed by atoms with van der Waals surface area (Å²) in [5, 5.41) is 0. The maximum Gasteiger partial charge on any atom is 0.168 e. The van der Waals surface area contributed by atoms with Gasteiger partial charge in [0.2, 0.25) is 0 Å². The van der Waals surface area contributed by atoms with Gasteiger partial charge in [0.25, 0.3) is 0 Å². The number of carbonyl (C=O) groups excluding carboxylic acids is 1. The smallest absolute Gasteiger partial charge is 0.168 e. The maximum absolute atomic E-state index is 10.5. The SMILES string of the molecule is CC(=O)C1OCCS1. The molecule has 0 amide bonds. The highest BCUT2D eigenvalue weighted by molar-refractivity contribution is 8.00. The molecule has 46 valence electrons. The van der Waals surface area contributed by atoms with Crippen LogP contribution in [0.1, 0.15) is 6.92 Å². The Bertz CT molecular complexity index is 96.6. The average Bonchev–Trinajstić information content (AvgIpc) is 2.12. The lowest BCUT2D eigenvalue weighted by molar-refractivity contribution is -0.122. The predicted octanol–water partition coefficient (Wildman–Crippen LogP) is 0.665. The molecule has 2 nitrogen and oxygen atoms in total. The molecule has 0 N–H and O–H groups in total. The number of ether oxygens (including phenoxy) is 1. The van der Waals surface area contributed by atoms with Gasteiger partial charge in [0.1, 0.15) is 0 Å². The van der Waals surface area contributed by atoms with E-state index in [1.54, 1.807) is 18.7 Å². The van der Waals surface area contributed by atoms with Crippen LogP contribution in [0.15, 0.2) is 0 Å². The second-order valence-electron chi connectivity index (χ2n) is 1.68. The Balaban J connectivity index is 2.35. The van der Waals surface area contributed by atoms with Crippen LogP contribution in [0.25, 0.3) is 0 Å². The summed E-state index contributed by atoms with van der Waals surface area (Å²) in [7, 11) is 0. The molecule has 0 aliphatic carbocycles. The molecule has 0 aromatic heterocycles. The standard InChI is InChI=1S/C5H8O2S/c1-4(6)5-7-2-3-8-5/h5H,2-3H2,1H3. The number of ketones is 1. The van der Waals surface area contributed by atoms with E-state index in [9.17, 15) is 4.79 Å². The first kappa shape index (κ1) is 6.11. The summed E-state index contributed by atoms with van der Waals surface area (Å²) < 4.78 is 5.03. The van der Waals surface area contributed by atoms with Gasteiger partial charge in [-0.05, 0) is 6.92 Å². The van der Waals surface area contributed by atoms with E-state index in [0.717, 1.165) is 12.4 Å². The summed E-state index contributed by atoms with van der Waals surface area (Å²) >= 11 is 1.58. The Morgan fingerprint density at radius 1 is 1.88 bits per heavy atom. The van der Waals surface area contributed by atoms with Gasteiger partial charge >= 0.3 is 0 Å². The van der Waals surface area contributed by atoms with E-state index in [2.05, 4.69) is 0 Å². The van der Waals surface area contributed by atoms with Gasteiger partial charge in [-0.3, -0.25) is 4.79 Å². The topological polar surface area (TPSA) is 26.3 Å². The van der Waals surface area contributed by atoms with E-state index < -0.39 is 0 Å². The van der Waals surface area contributed by atoms with Gasteiger partial charge in [-0.2, -0.15) is 0 Å². The molecule has 0 bridgehead atoms. The number of hydrogen-bond acceptors (Lipinski definition) is 3. The van der Waals surface area contributed by atoms with Crippen LogP contribution in [0.2, 0.25) is 0 Å². The van der Waals surface area contributed by atoms with Gasteiger partial charge in [-0.15, -0.1) is 11.8 Å². The average molecular weight is 132 g/mol. The highest BCUT2D eigenvalue weighted by atomic mass is 32.2. The Kier molecular flexibility index (Phi) is 1.91. The fraction of sp³-hybridized carbons (Fsp3) is 0.800. The van der Waals surface area contributed by atoms with E-state index in [4.69, 9.17) is 4.74 Å². The molecular weight excluding hydrogens is 124 g/mol. The minimum Gasteiger partial charge on any atom is -0.359 e. The van der Waals surface area contributed by atoms with E-state index >= 15 is 0 Å². The summed E-state index contributed by atoms with van der Waals surface area (Å²) in [6.45, 7) is 2.29. The van der Waals surface area contributed by atoms with E-state index in [1.165, 1.54) is 0 Å². The molecule has 0 aromatic carbocycles. The largest absolute Gasteiger partial charge is 0.359 e. The lowest BCUT2D eigenvalue weighted by Gasteiger charge is -1.99. The molecule has 0 radical (unpaired) electrons. The van der Waals surface area contributed by atoms with Crippen molar-refractivity contribution in [3.05, 3.63) is 0 Å². The van der Waals surface area contributed by atoms with Crippen molar-refractivity contribution in [2.24, 2.45) is 0 Å². The summed E-state index contributed by atoms with van der Waals surface area (Å²) in [6, 6.07) is 0. The van der Waals surface area contributed by atoms with Crippen molar-refractivity contribution < 1.29 is 9.53 Å². The number of Topliss-reactive ketones (excluding diaryl/α,β-unsaturated/α-hetero) is 1. The van der Waals surface area contributed by atoms with Crippen LogP contribution in [-0.2, 0) is 9.53 Å². The van der Waals surface area contributed by atoms with Crippen LogP contribution < -0.4 is 0 Å². The maximum atomic E-state index is 10.5. The molecule has 1 rings (SSSR count). The fourth-order valence-electron chi connectivity index (χ4n) is 0.593. The lowest BCUT2D eigenvalue weighted by atomic mass is 10.5. The number of thioether (sulfide) groups is 1. The second kappa shape index (κ2) is 2.51. The van der Waals surface area contributed by atoms with Crippen molar-refractivity contribution in [1.29, 1.82) is 0 Å². The van der Waals surface area contributed by atoms with Crippen molar-refractivity contribution in [2.45, 2.75) is 12.4 Å². The Labute approximate surface area is 52.6 Å². The molecule has 3 heteroatoms. The van der Waals surface area contributed by atoms with Gasteiger partial charge in [-0.1, -0.05) is 0 Å². The van der Waals surface area contributed by atoms with Gasteiger partial charge in [0, 0.05) is 5.75 Å². The third kappa shape index (κ3) is 1.23. The van der Waals surface area contributed by atoms with Crippen molar-refractivity contribution in [3.8, 4) is 0 Å². The minimum absolute atomic E-state index is 0.132. The molecule has 1 aliphatic rings. The van der Waals surface area contributed by atoms with Crippen LogP contribution in [0.3, 0.4) is 0 Å². The van der Waals surface area contributed by atoms with Crippen LogP contribution in [0, 0.1) is 0 Å². The first-order chi connectivity index (χ1) is 3.80. The highest BCUT2D eigenvalue weighted by Gasteiger charge is 2.19. The molecule has 1 heterocycles. The summed E-state index contributed by atoms with van der Waals surface area (Å²) in [5.74, 6) is 1.09. The number of rotatable bonds is 1. The molecule has 1 unspecified atom stereocenters. The predicted molar refractivity (Wildman–Crippen MR) is 32.9 cm³/mol. The second-order valence-corrected chi connectivity index (χ2v) is 2.85. The first-order valence-electron chi connectivity index (χ1n) is 2.54. The van der Waals surface area contributed by atoms with Crippen LogP contribution >= 0.6 is 11.8 Å². The number of hydrogen-bond donors (Lipinski definition) is 0. The van der Waals surface area contributed by atoms with Gasteiger partial charge < -0.3 is 4.74 Å². The Morgan fingerprint density at radius 2 is 2.62 bits per heavy atom. The molecule has 1 aliphatic heterocycles. The zero-order valence-electron chi connectivity index (χ0n) is 4.72. The third-order valence-electron chi connectivity index (χ3n) is 0.954. The normalized spacial score (nSPS) is 28.4. The van der Waals surface area contributed by atoms with E-state index in [1.807, 2.05) is 0 Å². The molecule has 1 fully saturated rings. The molecule has 1 atom stereocenters. The monoisotopic (exact) mass is 132 g/mol. The fourth-order valence-corrected chi connectivity index (χ4v) is 1.43. The van der Waals surface area contributed by atoms with Crippen molar-refractivity contribution in [2.75, 3.05) is 12.4 Å².